The van der Waals surface area contributed by atoms with Gasteiger partial charge >= 0.3 is 5.97 Å². The third kappa shape index (κ3) is 3.72. The van der Waals surface area contributed by atoms with Crippen LogP contribution < -0.4 is 10.1 Å². The predicted molar refractivity (Wildman–Crippen MR) is 97.8 cm³/mol. The molecule has 3 atom stereocenters. The molecule has 2 N–H and O–H groups in total. The minimum Gasteiger partial charge on any atom is -0.503 e. The van der Waals surface area contributed by atoms with Gasteiger partial charge in [0.15, 0.2) is 17.2 Å². The Morgan fingerprint density at radius 2 is 2.04 bits per heavy atom. The van der Waals surface area contributed by atoms with Crippen LogP contribution in [0.2, 0.25) is 0 Å². The molecule has 142 valence electrons. The number of aromatic nitrogens is 1. The molecule has 1 aromatic heterocycles. The Kier molecular flexibility index (Phi) is 5.30. The molecule has 7 nitrogen and oxygen atoms in total. The van der Waals surface area contributed by atoms with Gasteiger partial charge in [0.05, 0.1) is 7.11 Å². The maximum atomic E-state index is 12.4. The van der Waals surface area contributed by atoms with Crippen LogP contribution >= 0.6 is 0 Å². The molecule has 0 aliphatic heterocycles. The number of hydrogen-bond acceptors (Lipinski definition) is 6. The van der Waals surface area contributed by atoms with Crippen LogP contribution in [0.15, 0.2) is 36.5 Å². The molecule has 0 spiro atoms. The number of nitrogens with zero attached hydrogens (tertiary/aromatic N) is 1. The van der Waals surface area contributed by atoms with Crippen LogP contribution in [-0.4, -0.2) is 41.2 Å². The Morgan fingerprint density at radius 1 is 1.30 bits per heavy atom. The first-order chi connectivity index (χ1) is 12.9. The third-order valence-electron chi connectivity index (χ3n) is 4.82. The molecule has 0 fully saturated rings. The Bertz CT molecular complexity index is 867. The number of carbonyl (C=O) groups is 2. The molecule has 1 aromatic carbocycles. The maximum absolute atomic E-state index is 12.4. The average Bonchev–Trinajstić information content (AvgIpc) is 2.97. The van der Waals surface area contributed by atoms with E-state index in [1.54, 1.807) is 0 Å². The molecule has 0 bridgehead atoms. The highest BCUT2D eigenvalue weighted by atomic mass is 16.5. The number of pyridine rings is 1. The quantitative estimate of drug-likeness (QED) is 0.783. The first-order valence-corrected chi connectivity index (χ1v) is 8.73. The molecule has 0 saturated carbocycles. The Balaban J connectivity index is 1.63. The van der Waals surface area contributed by atoms with E-state index in [4.69, 9.17) is 9.47 Å². The van der Waals surface area contributed by atoms with Gasteiger partial charge in [-0.15, -0.1) is 0 Å². The van der Waals surface area contributed by atoms with Crippen molar-refractivity contribution in [1.82, 2.24) is 10.3 Å². The zero-order valence-electron chi connectivity index (χ0n) is 15.4. The van der Waals surface area contributed by atoms with Crippen molar-refractivity contribution in [3.63, 3.8) is 0 Å². The number of hydrogen-bond donors (Lipinski definition) is 2. The monoisotopic (exact) mass is 370 g/mol. The van der Waals surface area contributed by atoms with Gasteiger partial charge in [-0.2, -0.15) is 0 Å². The van der Waals surface area contributed by atoms with Crippen molar-refractivity contribution in [2.24, 2.45) is 0 Å². The molecule has 2 aromatic rings. The van der Waals surface area contributed by atoms with Gasteiger partial charge in [0, 0.05) is 24.6 Å². The minimum atomic E-state index is -0.888. The molecule has 1 aliphatic rings. The summed E-state index contributed by atoms with van der Waals surface area (Å²) in [5.74, 6) is -1.37. The molecule has 3 rings (SSSR count). The number of esters is 1. The summed E-state index contributed by atoms with van der Waals surface area (Å²) in [6, 6.07) is 8.55. The normalized spacial score (nSPS) is 19.1. The van der Waals surface area contributed by atoms with E-state index < -0.39 is 17.9 Å². The highest BCUT2D eigenvalue weighted by Gasteiger charge is 2.33. The molecule has 1 aliphatic carbocycles. The fourth-order valence-electron chi connectivity index (χ4n) is 3.24. The van der Waals surface area contributed by atoms with Gasteiger partial charge in [0.25, 0.3) is 5.91 Å². The molecule has 0 radical (unpaired) electrons. The van der Waals surface area contributed by atoms with Gasteiger partial charge in [-0.3, -0.25) is 4.79 Å². The SMILES string of the molecule is COc1ccnc(C(=O)N[C@@H](C)C(=O)O[C@H]2Cc3ccccc3[C@@H]2C)c1O. The molecule has 27 heavy (non-hydrogen) atoms. The molecule has 0 unspecified atom stereocenters. The summed E-state index contributed by atoms with van der Waals surface area (Å²) in [6.07, 6.45) is 1.73. The first-order valence-electron chi connectivity index (χ1n) is 8.73. The number of ether oxygens (including phenoxy) is 2. The van der Waals surface area contributed by atoms with E-state index in [1.165, 1.54) is 37.4 Å². The molecular weight excluding hydrogens is 348 g/mol. The Hall–Kier alpha value is -3.09. The number of benzene rings is 1. The summed E-state index contributed by atoms with van der Waals surface area (Å²) >= 11 is 0. The van der Waals surface area contributed by atoms with E-state index in [0.717, 1.165) is 0 Å². The third-order valence-corrected chi connectivity index (χ3v) is 4.82. The topological polar surface area (TPSA) is 97.8 Å². The van der Waals surface area contributed by atoms with Crippen LogP contribution in [-0.2, 0) is 16.0 Å². The molecule has 0 saturated heterocycles. The van der Waals surface area contributed by atoms with E-state index in [-0.39, 0.29) is 29.2 Å². The number of aromatic hydroxyl groups is 1. The number of carbonyl (C=O) groups excluding carboxylic acids is 2. The summed E-state index contributed by atoms with van der Waals surface area (Å²) in [6.45, 7) is 3.55. The van der Waals surface area contributed by atoms with Gasteiger partial charge < -0.3 is 19.9 Å². The average molecular weight is 370 g/mol. The number of methoxy groups -OCH3 is 1. The van der Waals surface area contributed by atoms with Gasteiger partial charge in [0.2, 0.25) is 0 Å². The van der Waals surface area contributed by atoms with Gasteiger partial charge in [0.1, 0.15) is 12.1 Å². The summed E-state index contributed by atoms with van der Waals surface area (Å²) < 4.78 is 10.6. The first kappa shape index (κ1) is 18.7. The number of rotatable bonds is 5. The van der Waals surface area contributed by atoms with Crippen LogP contribution in [0.1, 0.15) is 41.4 Å². The Morgan fingerprint density at radius 3 is 2.74 bits per heavy atom. The van der Waals surface area contributed by atoms with E-state index in [0.29, 0.717) is 6.42 Å². The Labute approximate surface area is 157 Å². The number of nitrogens with one attached hydrogen (secondary N) is 1. The summed E-state index contributed by atoms with van der Waals surface area (Å²) in [7, 11) is 1.37. The van der Waals surface area contributed by atoms with Crippen LogP contribution in [0.25, 0.3) is 0 Å². The van der Waals surface area contributed by atoms with E-state index in [2.05, 4.69) is 10.3 Å². The predicted octanol–water partition coefficient (Wildman–Crippen LogP) is 2.19. The fraction of sp³-hybridized carbons (Fsp3) is 0.350. The van der Waals surface area contributed by atoms with Crippen LogP contribution in [0.5, 0.6) is 11.5 Å². The van der Waals surface area contributed by atoms with Crippen molar-refractivity contribution in [1.29, 1.82) is 0 Å². The highest BCUT2D eigenvalue weighted by Crippen LogP contribution is 2.34. The van der Waals surface area contributed by atoms with E-state index in [1.807, 2.05) is 31.2 Å². The van der Waals surface area contributed by atoms with Crippen LogP contribution in [0.3, 0.4) is 0 Å². The smallest absolute Gasteiger partial charge is 0.328 e. The summed E-state index contributed by atoms with van der Waals surface area (Å²) in [5, 5.41) is 12.5. The molecule has 1 amide bonds. The second kappa shape index (κ2) is 7.65. The zero-order valence-corrected chi connectivity index (χ0v) is 15.4. The maximum Gasteiger partial charge on any atom is 0.328 e. The fourth-order valence-corrected chi connectivity index (χ4v) is 3.24. The van der Waals surface area contributed by atoms with E-state index >= 15 is 0 Å². The second-order valence-electron chi connectivity index (χ2n) is 6.57. The molecular formula is C20H22N2O5. The van der Waals surface area contributed by atoms with Crippen molar-refractivity contribution in [3.05, 3.63) is 53.3 Å². The molecule has 1 heterocycles. The van der Waals surface area contributed by atoms with Crippen molar-refractivity contribution in [2.75, 3.05) is 7.11 Å². The van der Waals surface area contributed by atoms with Crippen molar-refractivity contribution in [2.45, 2.75) is 38.3 Å². The van der Waals surface area contributed by atoms with E-state index in [9.17, 15) is 14.7 Å². The molecule has 7 heteroatoms. The van der Waals surface area contributed by atoms with Crippen molar-refractivity contribution in [3.8, 4) is 11.5 Å². The minimum absolute atomic E-state index is 0.0946. The van der Waals surface area contributed by atoms with Crippen molar-refractivity contribution < 1.29 is 24.2 Å². The zero-order chi connectivity index (χ0) is 19.6. The second-order valence-corrected chi connectivity index (χ2v) is 6.57. The number of fused-ring (bicyclic) bond motifs is 1. The summed E-state index contributed by atoms with van der Waals surface area (Å²) in [5.41, 5.74) is 2.14. The highest BCUT2D eigenvalue weighted by molar-refractivity contribution is 5.97. The van der Waals surface area contributed by atoms with Crippen LogP contribution in [0, 0.1) is 0 Å². The van der Waals surface area contributed by atoms with Crippen LogP contribution in [0.4, 0.5) is 0 Å². The lowest BCUT2D eigenvalue weighted by atomic mass is 10.0. The lowest BCUT2D eigenvalue weighted by Crippen LogP contribution is -2.41. The van der Waals surface area contributed by atoms with Gasteiger partial charge in [-0.25, -0.2) is 9.78 Å². The number of amides is 1. The lowest BCUT2D eigenvalue weighted by Gasteiger charge is -2.20. The largest absolute Gasteiger partial charge is 0.503 e. The standard InChI is InChI=1S/C20H22N2O5/c1-11-14-7-5-4-6-13(14)10-16(11)27-20(25)12(2)22-19(24)17-18(23)15(26-3)8-9-21-17/h4-9,11-12,16,23H,10H2,1-3H3,(H,22,24)/t11-,12-,16-/m0/s1. The van der Waals surface area contributed by atoms with Crippen molar-refractivity contribution >= 4 is 11.9 Å². The van der Waals surface area contributed by atoms with Gasteiger partial charge in [-0.1, -0.05) is 31.2 Å². The summed E-state index contributed by atoms with van der Waals surface area (Å²) in [4.78, 5) is 28.6. The van der Waals surface area contributed by atoms with Gasteiger partial charge in [-0.05, 0) is 18.1 Å². The lowest BCUT2D eigenvalue weighted by molar-refractivity contribution is -0.151.